The lowest BCUT2D eigenvalue weighted by molar-refractivity contribution is -0.148. The molecular weight excluding hydrogens is 146 g/mol. The Bertz CT molecular complexity index is 171. The fourth-order valence-electron chi connectivity index (χ4n) is 0.590. The highest BCUT2D eigenvalue weighted by Crippen LogP contribution is 2.03. The molecule has 4 nitrogen and oxygen atoms in total. The van der Waals surface area contributed by atoms with Crippen LogP contribution in [0.2, 0.25) is 0 Å². The quantitative estimate of drug-likeness (QED) is 0.588. The second-order valence-corrected chi connectivity index (χ2v) is 2.10. The van der Waals surface area contributed by atoms with Gasteiger partial charge in [0.25, 0.3) is 0 Å². The van der Waals surface area contributed by atoms with E-state index in [0.29, 0.717) is 0 Å². The predicted octanol–water partition coefficient (Wildman–Crippen LogP) is 0.0701. The molecule has 11 heavy (non-hydrogen) atoms. The number of hydrogen-bond acceptors (Lipinski definition) is 4. The Morgan fingerprint density at radius 1 is 1.82 bits per heavy atom. The molecule has 0 saturated carbocycles. The van der Waals surface area contributed by atoms with Crippen LogP contribution in [0.25, 0.3) is 0 Å². The fourth-order valence-corrected chi connectivity index (χ4v) is 0.590. The summed E-state index contributed by atoms with van der Waals surface area (Å²) < 4.78 is 4.53. The van der Waals surface area contributed by atoms with Crippen LogP contribution in [0.15, 0.2) is 0 Å². The largest absolute Gasteiger partial charge is 0.465 e. The first kappa shape index (κ1) is 9.92. The van der Waals surface area contributed by atoms with Crippen molar-refractivity contribution in [2.24, 2.45) is 5.92 Å². The molecule has 0 aromatic heterocycles. The highest BCUT2D eigenvalue weighted by molar-refractivity contribution is 5.75. The lowest BCUT2D eigenvalue weighted by Crippen LogP contribution is -2.26. The number of carbonyl (C=O) groups excluding carboxylic acids is 1. The van der Waals surface area contributed by atoms with Crippen molar-refractivity contribution in [2.75, 3.05) is 6.61 Å². The number of ether oxygens (including phenoxy) is 1. The minimum absolute atomic E-state index is 0.226. The van der Waals surface area contributed by atoms with Gasteiger partial charge in [0, 0.05) is 0 Å². The predicted molar refractivity (Wildman–Crippen MR) is 37.4 cm³/mol. The van der Waals surface area contributed by atoms with Crippen molar-refractivity contribution in [2.45, 2.75) is 20.0 Å². The highest BCUT2D eigenvalue weighted by atomic mass is 16.5. The second-order valence-electron chi connectivity index (χ2n) is 2.10. The Hall–Kier alpha value is -1.08. The molecule has 0 aliphatic carbocycles. The van der Waals surface area contributed by atoms with Crippen LogP contribution >= 0.6 is 0 Å². The summed E-state index contributed by atoms with van der Waals surface area (Å²) in [6.07, 6.45) is -0.973. The maximum Gasteiger partial charge on any atom is 0.326 e. The van der Waals surface area contributed by atoms with E-state index in [1.807, 2.05) is 0 Å². The molecule has 1 unspecified atom stereocenters. The SMILES string of the molecule is CCOC(=O)[C@H](C#N)C(C)O. The van der Waals surface area contributed by atoms with E-state index in [-0.39, 0.29) is 6.61 Å². The molecule has 0 bridgehead atoms. The molecule has 4 heteroatoms. The van der Waals surface area contributed by atoms with Gasteiger partial charge >= 0.3 is 5.97 Å². The molecule has 0 aromatic rings. The van der Waals surface area contributed by atoms with Crippen LogP contribution in [0.1, 0.15) is 13.8 Å². The standard InChI is InChI=1S/C7H11NO3/c1-3-11-7(10)6(4-8)5(2)9/h5-6,9H,3H2,1-2H3/t5?,6-/m1/s1. The Morgan fingerprint density at radius 3 is 2.64 bits per heavy atom. The number of rotatable bonds is 3. The van der Waals surface area contributed by atoms with Crippen LogP contribution < -0.4 is 0 Å². The second kappa shape index (κ2) is 4.69. The first-order valence-corrected chi connectivity index (χ1v) is 3.37. The Morgan fingerprint density at radius 2 is 2.36 bits per heavy atom. The van der Waals surface area contributed by atoms with E-state index >= 15 is 0 Å². The molecule has 0 aliphatic heterocycles. The average Bonchev–Trinajstić information content (AvgIpc) is 1.88. The number of carbonyl (C=O) groups is 1. The van der Waals surface area contributed by atoms with E-state index in [4.69, 9.17) is 10.4 Å². The van der Waals surface area contributed by atoms with E-state index in [9.17, 15) is 4.79 Å². The van der Waals surface area contributed by atoms with Gasteiger partial charge in [-0.2, -0.15) is 5.26 Å². The van der Waals surface area contributed by atoms with E-state index in [1.165, 1.54) is 6.92 Å². The molecule has 0 aliphatic rings. The van der Waals surface area contributed by atoms with Gasteiger partial charge < -0.3 is 9.84 Å². The summed E-state index contributed by atoms with van der Waals surface area (Å²) in [4.78, 5) is 10.8. The van der Waals surface area contributed by atoms with Gasteiger partial charge in [-0.3, -0.25) is 4.79 Å². The summed E-state index contributed by atoms with van der Waals surface area (Å²) in [5.41, 5.74) is 0. The zero-order valence-electron chi connectivity index (χ0n) is 6.57. The third kappa shape index (κ3) is 3.01. The van der Waals surface area contributed by atoms with Crippen LogP contribution in [0.5, 0.6) is 0 Å². The summed E-state index contributed by atoms with van der Waals surface area (Å²) in [6, 6.07) is 1.66. The van der Waals surface area contributed by atoms with Crippen LogP contribution in [0, 0.1) is 17.2 Å². The number of aliphatic hydroxyl groups excluding tert-OH is 1. The van der Waals surface area contributed by atoms with Gasteiger partial charge in [-0.25, -0.2) is 0 Å². The van der Waals surface area contributed by atoms with Crippen LogP contribution in [-0.2, 0) is 9.53 Å². The van der Waals surface area contributed by atoms with Crippen molar-refractivity contribution in [3.8, 4) is 6.07 Å². The lowest BCUT2D eigenvalue weighted by atomic mass is 10.1. The molecule has 2 atom stereocenters. The molecule has 0 spiro atoms. The summed E-state index contributed by atoms with van der Waals surface area (Å²) in [5.74, 6) is -1.72. The molecule has 0 saturated heterocycles. The lowest BCUT2D eigenvalue weighted by Gasteiger charge is -2.09. The molecule has 1 N–H and O–H groups in total. The molecular formula is C7H11NO3. The van der Waals surface area contributed by atoms with Crippen molar-refractivity contribution < 1.29 is 14.6 Å². The van der Waals surface area contributed by atoms with Crippen LogP contribution in [0.3, 0.4) is 0 Å². The van der Waals surface area contributed by atoms with Gasteiger partial charge in [-0.05, 0) is 13.8 Å². The Balaban J connectivity index is 4.06. The van der Waals surface area contributed by atoms with Crippen LogP contribution in [-0.4, -0.2) is 23.8 Å². The molecule has 0 rings (SSSR count). The smallest absolute Gasteiger partial charge is 0.326 e. The van der Waals surface area contributed by atoms with Crippen LogP contribution in [0.4, 0.5) is 0 Å². The molecule has 0 radical (unpaired) electrons. The van der Waals surface area contributed by atoms with Gasteiger partial charge in [-0.15, -0.1) is 0 Å². The highest BCUT2D eigenvalue weighted by Gasteiger charge is 2.24. The van der Waals surface area contributed by atoms with Gasteiger partial charge in [-0.1, -0.05) is 0 Å². The minimum atomic E-state index is -1.06. The molecule has 62 valence electrons. The van der Waals surface area contributed by atoms with E-state index in [2.05, 4.69) is 4.74 Å². The number of nitriles is 1. The van der Waals surface area contributed by atoms with Crippen molar-refractivity contribution in [3.05, 3.63) is 0 Å². The number of esters is 1. The fraction of sp³-hybridized carbons (Fsp3) is 0.714. The molecule has 0 aromatic carbocycles. The zero-order valence-corrected chi connectivity index (χ0v) is 6.57. The van der Waals surface area contributed by atoms with E-state index in [1.54, 1.807) is 13.0 Å². The van der Waals surface area contributed by atoms with Crippen molar-refractivity contribution in [3.63, 3.8) is 0 Å². The monoisotopic (exact) mass is 157 g/mol. The molecule has 0 amide bonds. The van der Waals surface area contributed by atoms with Crippen molar-refractivity contribution in [1.29, 1.82) is 5.26 Å². The Kier molecular flexibility index (Phi) is 4.23. The summed E-state index contributed by atoms with van der Waals surface area (Å²) in [6.45, 7) is 3.25. The van der Waals surface area contributed by atoms with Gasteiger partial charge in [0.15, 0.2) is 5.92 Å². The van der Waals surface area contributed by atoms with Crippen molar-refractivity contribution in [1.82, 2.24) is 0 Å². The maximum atomic E-state index is 10.8. The third-order valence-corrected chi connectivity index (χ3v) is 1.16. The first-order valence-electron chi connectivity index (χ1n) is 3.37. The maximum absolute atomic E-state index is 10.8. The summed E-state index contributed by atoms with van der Waals surface area (Å²) in [5, 5.41) is 17.3. The number of nitrogens with zero attached hydrogens (tertiary/aromatic N) is 1. The number of hydrogen-bond donors (Lipinski definition) is 1. The minimum Gasteiger partial charge on any atom is -0.465 e. The zero-order chi connectivity index (χ0) is 8.85. The van der Waals surface area contributed by atoms with E-state index in [0.717, 1.165) is 0 Å². The first-order chi connectivity index (χ1) is 5.13. The Labute approximate surface area is 65.4 Å². The number of aliphatic hydroxyl groups is 1. The molecule has 0 heterocycles. The van der Waals surface area contributed by atoms with Gasteiger partial charge in [0.1, 0.15) is 0 Å². The van der Waals surface area contributed by atoms with Gasteiger partial charge in [0.05, 0.1) is 18.8 Å². The van der Waals surface area contributed by atoms with Crippen molar-refractivity contribution >= 4 is 5.97 Å². The molecule has 0 fully saturated rings. The normalized spacial score (nSPS) is 14.7. The van der Waals surface area contributed by atoms with E-state index < -0.39 is 18.0 Å². The summed E-state index contributed by atoms with van der Waals surface area (Å²) >= 11 is 0. The third-order valence-electron chi connectivity index (χ3n) is 1.16. The average molecular weight is 157 g/mol. The summed E-state index contributed by atoms with van der Waals surface area (Å²) in [7, 11) is 0. The topological polar surface area (TPSA) is 70.3 Å². The van der Waals surface area contributed by atoms with Gasteiger partial charge in [0.2, 0.25) is 0 Å².